The number of nitrogens with zero attached hydrogens (tertiary/aromatic N) is 2. The monoisotopic (exact) mass is 586 g/mol. The quantitative estimate of drug-likeness (QED) is 0.144. The van der Waals surface area contributed by atoms with E-state index in [-0.39, 0.29) is 24.6 Å². The van der Waals surface area contributed by atoms with E-state index in [1.807, 2.05) is 6.07 Å². The van der Waals surface area contributed by atoms with Crippen LogP contribution in [0.2, 0.25) is 0 Å². The number of anilines is 1. The maximum atomic E-state index is 15.6. The topological polar surface area (TPSA) is 164 Å². The molecule has 3 aromatic rings. The van der Waals surface area contributed by atoms with E-state index in [0.717, 1.165) is 10.1 Å². The lowest BCUT2D eigenvalue weighted by Crippen LogP contribution is -2.43. The van der Waals surface area contributed by atoms with Gasteiger partial charge < -0.3 is 24.8 Å². The van der Waals surface area contributed by atoms with Crippen molar-refractivity contribution in [1.29, 1.82) is 0 Å². The van der Waals surface area contributed by atoms with E-state index >= 15 is 4.39 Å². The number of rotatable bonds is 14. The lowest BCUT2D eigenvalue weighted by molar-refractivity contribution is -0.146. The van der Waals surface area contributed by atoms with Gasteiger partial charge in [-0.2, -0.15) is 10.1 Å². The number of carbonyl (C=O) groups excluding carboxylic acids is 1. The predicted molar refractivity (Wildman–Crippen MR) is 147 cm³/mol. The number of nitrogens with one attached hydrogen (secondary N) is 1. The molecular weight excluding hydrogens is 557 g/mol. The van der Waals surface area contributed by atoms with Gasteiger partial charge in [0.15, 0.2) is 5.67 Å². The van der Waals surface area contributed by atoms with Gasteiger partial charge in [-0.15, -0.1) is 0 Å². The van der Waals surface area contributed by atoms with Gasteiger partial charge in [0.1, 0.15) is 30.3 Å². The zero-order valence-corrected chi connectivity index (χ0v) is 22.9. The molecule has 41 heavy (non-hydrogen) atoms. The van der Waals surface area contributed by atoms with Gasteiger partial charge >= 0.3 is 19.4 Å². The van der Waals surface area contributed by atoms with E-state index in [4.69, 9.17) is 32.2 Å². The number of nitrogen functional groups attached to an aromatic ring is 1. The largest absolute Gasteiger partial charge is 0.460 e. The Hall–Kier alpha value is -3.55. The molecule has 3 unspecified atom stereocenters. The first kappa shape index (κ1) is 30.4. The summed E-state index contributed by atoms with van der Waals surface area (Å²) >= 11 is 0. The van der Waals surface area contributed by atoms with Crippen LogP contribution in [-0.4, -0.2) is 59.2 Å². The summed E-state index contributed by atoms with van der Waals surface area (Å²) in [6.07, 6.45) is -2.43. The average molecular weight is 586 g/mol. The maximum Gasteiger partial charge on any atom is 0.459 e. The van der Waals surface area contributed by atoms with Crippen molar-refractivity contribution >= 4 is 27.6 Å². The van der Waals surface area contributed by atoms with Crippen LogP contribution < -0.4 is 21.0 Å². The second kappa shape index (κ2) is 13.0. The number of alkyl halides is 1. The van der Waals surface area contributed by atoms with Crippen molar-refractivity contribution in [2.75, 3.05) is 12.3 Å². The number of hydrogen-bond donors (Lipinski definition) is 3. The van der Waals surface area contributed by atoms with Crippen molar-refractivity contribution in [2.24, 2.45) is 0 Å². The highest BCUT2D eigenvalue weighted by atomic mass is 31.2. The highest BCUT2D eigenvalue weighted by molar-refractivity contribution is 7.52. The summed E-state index contributed by atoms with van der Waals surface area (Å²) in [5.41, 5.74) is 3.11. The first-order chi connectivity index (χ1) is 19.5. The number of esters is 1. The molecule has 2 aromatic carbocycles. The third-order valence-corrected chi connectivity index (χ3v) is 8.06. The van der Waals surface area contributed by atoms with Crippen LogP contribution in [0.3, 0.4) is 0 Å². The Morgan fingerprint density at radius 3 is 2.54 bits per heavy atom. The van der Waals surface area contributed by atoms with E-state index in [1.165, 1.54) is 31.3 Å². The number of para-hydroxylation sites is 1. The summed E-state index contributed by atoms with van der Waals surface area (Å²) in [4.78, 5) is 28.3. The summed E-state index contributed by atoms with van der Waals surface area (Å²) < 4.78 is 51.5. The van der Waals surface area contributed by atoms with Crippen molar-refractivity contribution < 1.29 is 37.3 Å². The van der Waals surface area contributed by atoms with Gasteiger partial charge in [-0.3, -0.25) is 13.9 Å². The van der Waals surface area contributed by atoms with Crippen LogP contribution in [0, 0.1) is 0 Å². The van der Waals surface area contributed by atoms with Gasteiger partial charge in [-0.1, -0.05) is 48.5 Å². The first-order valence-corrected chi connectivity index (χ1v) is 14.1. The Balaban J connectivity index is 1.44. The van der Waals surface area contributed by atoms with Crippen molar-refractivity contribution in [3.8, 4) is 5.75 Å². The number of hydrogen-bond acceptors (Lipinski definition) is 10. The van der Waals surface area contributed by atoms with Crippen molar-refractivity contribution in [3.63, 3.8) is 0 Å². The van der Waals surface area contributed by atoms with Crippen LogP contribution in [0.5, 0.6) is 5.75 Å². The number of halogens is 1. The SMILES string of the molecule is [B]OC(CO[P@@](=O)(N[C@@H](C)C(=O)OCc1ccccc1)Oc1ccccc1)C(O)[C@@]1(F)CC1n1ccc(N)nc1=O. The van der Waals surface area contributed by atoms with Gasteiger partial charge in [0.2, 0.25) is 0 Å². The third kappa shape index (κ3) is 7.60. The van der Waals surface area contributed by atoms with Gasteiger partial charge in [0.25, 0.3) is 8.05 Å². The van der Waals surface area contributed by atoms with Gasteiger partial charge in [0.05, 0.1) is 18.8 Å². The molecule has 4 N–H and O–H groups in total. The molecule has 1 aliphatic carbocycles. The van der Waals surface area contributed by atoms with E-state index in [2.05, 4.69) is 10.1 Å². The number of aliphatic hydroxyl groups excluding tert-OH is 1. The zero-order chi connectivity index (χ0) is 29.6. The van der Waals surface area contributed by atoms with Gasteiger partial charge in [-0.05, 0) is 30.7 Å². The first-order valence-electron chi connectivity index (χ1n) is 12.6. The Morgan fingerprint density at radius 1 is 1.24 bits per heavy atom. The number of aromatic nitrogens is 2. The highest BCUT2D eigenvalue weighted by Crippen LogP contribution is 2.54. The molecule has 1 saturated carbocycles. The summed E-state index contributed by atoms with van der Waals surface area (Å²) in [6, 6.07) is 16.0. The van der Waals surface area contributed by atoms with Crippen molar-refractivity contribution in [3.05, 3.63) is 89.0 Å². The molecule has 216 valence electrons. The molecule has 1 aromatic heterocycles. The molecule has 0 aliphatic heterocycles. The van der Waals surface area contributed by atoms with E-state index in [1.54, 1.807) is 42.5 Å². The lowest BCUT2D eigenvalue weighted by atomic mass is 10.1. The molecular formula is C26H29BFN4O8P. The molecule has 0 saturated heterocycles. The average Bonchev–Trinajstić information content (AvgIpc) is 3.64. The molecule has 2 radical (unpaired) electrons. The fraction of sp³-hybridized carbons (Fsp3) is 0.346. The minimum Gasteiger partial charge on any atom is -0.460 e. The summed E-state index contributed by atoms with van der Waals surface area (Å²) in [6.45, 7) is 0.666. The maximum absolute atomic E-state index is 15.6. The fourth-order valence-electron chi connectivity index (χ4n) is 4.09. The number of carbonyl (C=O) groups is 1. The smallest absolute Gasteiger partial charge is 0.459 e. The number of nitrogens with two attached hydrogens (primary N) is 1. The van der Waals surface area contributed by atoms with Crippen LogP contribution in [0.15, 0.2) is 77.7 Å². The Bertz CT molecular complexity index is 1440. The molecule has 0 spiro atoms. The summed E-state index contributed by atoms with van der Waals surface area (Å²) in [7, 11) is 0.958. The Morgan fingerprint density at radius 2 is 1.90 bits per heavy atom. The Labute approximate surface area is 236 Å². The molecule has 15 heteroatoms. The summed E-state index contributed by atoms with van der Waals surface area (Å²) in [5, 5.41) is 13.3. The molecule has 6 atom stereocenters. The van der Waals surface area contributed by atoms with Crippen LogP contribution in [0.4, 0.5) is 10.2 Å². The highest BCUT2D eigenvalue weighted by Gasteiger charge is 2.64. The summed E-state index contributed by atoms with van der Waals surface area (Å²) in [5.74, 6) is -0.640. The van der Waals surface area contributed by atoms with Crippen LogP contribution in [-0.2, 0) is 29.9 Å². The number of ether oxygens (including phenoxy) is 1. The van der Waals surface area contributed by atoms with Crippen LogP contribution >= 0.6 is 7.75 Å². The van der Waals surface area contributed by atoms with Gasteiger partial charge in [-0.25, -0.2) is 13.8 Å². The fourth-order valence-corrected chi connectivity index (χ4v) is 5.59. The second-order valence-corrected chi connectivity index (χ2v) is 11.1. The molecule has 1 heterocycles. The second-order valence-electron chi connectivity index (χ2n) is 9.45. The number of aliphatic hydroxyl groups is 1. The predicted octanol–water partition coefficient (Wildman–Crippen LogP) is 2.23. The van der Waals surface area contributed by atoms with E-state index in [0.29, 0.717) is 0 Å². The standard InChI is InChI=1S/C26H29BFN4O8P/c1-17(24(34)37-15-18-8-4-2-5-9-18)31-41(36,40-19-10-6-3-7-11-19)38-16-20(39-27)23(33)26(28)14-21(26)32-13-12-22(29)30-25(32)35/h2-13,17,20-21,23,33H,14-16H2,1H3,(H,31,36)(H2,29,30,35)/t17-,20?,21?,23?,26+,41-/m0/s1. The molecule has 4 rings (SSSR count). The minimum absolute atomic E-state index is 0.0158. The Kier molecular flexibility index (Phi) is 9.62. The molecule has 0 bridgehead atoms. The lowest BCUT2D eigenvalue weighted by Gasteiger charge is -2.28. The normalized spacial score (nSPS) is 21.7. The van der Waals surface area contributed by atoms with Crippen molar-refractivity contribution in [2.45, 2.75) is 49.9 Å². The molecule has 1 aliphatic rings. The van der Waals surface area contributed by atoms with E-state index < -0.39 is 56.0 Å². The molecule has 12 nitrogen and oxygen atoms in total. The molecule has 1 fully saturated rings. The van der Waals surface area contributed by atoms with E-state index in [9.17, 15) is 19.3 Å². The van der Waals surface area contributed by atoms with Crippen molar-refractivity contribution in [1.82, 2.24) is 14.6 Å². The van der Waals surface area contributed by atoms with Gasteiger partial charge in [0, 0.05) is 12.6 Å². The number of benzene rings is 2. The van der Waals surface area contributed by atoms with Crippen LogP contribution in [0.1, 0.15) is 24.9 Å². The minimum atomic E-state index is -4.37. The molecule has 0 amide bonds. The zero-order valence-electron chi connectivity index (χ0n) is 22.0. The third-order valence-electron chi connectivity index (χ3n) is 6.41. The van der Waals surface area contributed by atoms with Crippen LogP contribution in [0.25, 0.3) is 0 Å².